The monoisotopic (exact) mass is 495 g/mol. The Balaban J connectivity index is 0.00000144. The molecule has 1 aromatic carbocycles. The highest BCUT2D eigenvalue weighted by Gasteiger charge is 2.43. The number of nitrogens with zero attached hydrogens (tertiary/aromatic N) is 3. The third kappa shape index (κ3) is 4.70. The molecule has 0 saturated carbocycles. The third-order valence-corrected chi connectivity index (χ3v) is 7.11. The van der Waals surface area contributed by atoms with Gasteiger partial charge in [0.1, 0.15) is 16.3 Å². The summed E-state index contributed by atoms with van der Waals surface area (Å²) < 4.78 is 6.18. The summed E-state index contributed by atoms with van der Waals surface area (Å²) in [7, 11) is 0. The first kappa shape index (κ1) is 24.7. The van der Waals surface area contributed by atoms with Crippen molar-refractivity contribution in [2.45, 2.75) is 37.3 Å². The zero-order chi connectivity index (χ0) is 20.6. The Labute approximate surface area is 203 Å². The molecule has 172 valence electrons. The summed E-state index contributed by atoms with van der Waals surface area (Å²) in [6.45, 7) is 1.98. The van der Waals surface area contributed by atoms with E-state index in [0.717, 1.165) is 30.0 Å². The van der Waals surface area contributed by atoms with E-state index in [4.69, 9.17) is 10.5 Å². The molecule has 2 aromatic heterocycles. The second-order valence-electron chi connectivity index (χ2n) is 8.02. The number of nitrogens with one attached hydrogen (secondary N) is 1. The van der Waals surface area contributed by atoms with Gasteiger partial charge >= 0.3 is 0 Å². The van der Waals surface area contributed by atoms with Gasteiger partial charge in [-0.1, -0.05) is 30.3 Å². The molecule has 0 bridgehead atoms. The molecule has 0 radical (unpaired) electrons. The van der Waals surface area contributed by atoms with E-state index < -0.39 is 0 Å². The van der Waals surface area contributed by atoms with Crippen molar-refractivity contribution in [3.05, 3.63) is 69.4 Å². The van der Waals surface area contributed by atoms with Gasteiger partial charge in [0, 0.05) is 18.5 Å². The minimum absolute atomic E-state index is 0. The second kappa shape index (κ2) is 10.3. The molecule has 1 spiro atoms. The Bertz CT molecular complexity index is 1030. The average molecular weight is 496 g/mol. The Kier molecular flexibility index (Phi) is 7.95. The highest BCUT2D eigenvalue weighted by Crippen LogP contribution is 2.40. The van der Waals surface area contributed by atoms with Crippen molar-refractivity contribution >= 4 is 42.1 Å². The Morgan fingerprint density at radius 3 is 2.75 bits per heavy atom. The van der Waals surface area contributed by atoms with E-state index in [2.05, 4.69) is 27.3 Å². The number of carbonyl (C=O) groups excluding carboxylic acids is 1. The number of halogens is 2. The van der Waals surface area contributed by atoms with Crippen molar-refractivity contribution in [2.75, 3.05) is 19.7 Å². The van der Waals surface area contributed by atoms with Crippen molar-refractivity contribution in [1.82, 2.24) is 20.1 Å². The molecule has 10 heteroatoms. The van der Waals surface area contributed by atoms with Crippen LogP contribution in [-0.4, -0.2) is 45.7 Å². The van der Waals surface area contributed by atoms with Crippen LogP contribution in [0.1, 0.15) is 51.2 Å². The number of hydrogen-bond acceptors (Lipinski definition) is 6. The third-order valence-electron chi connectivity index (χ3n) is 6.14. The van der Waals surface area contributed by atoms with Gasteiger partial charge in [0.05, 0.1) is 24.5 Å². The predicted molar refractivity (Wildman–Crippen MR) is 129 cm³/mol. The van der Waals surface area contributed by atoms with Gasteiger partial charge < -0.3 is 15.4 Å². The molecule has 2 aliphatic rings. The van der Waals surface area contributed by atoms with E-state index >= 15 is 0 Å². The van der Waals surface area contributed by atoms with Crippen LogP contribution in [0, 0.1) is 0 Å². The molecule has 4 heterocycles. The van der Waals surface area contributed by atoms with Gasteiger partial charge in [0.15, 0.2) is 0 Å². The smallest absolute Gasteiger partial charge is 0.273 e. The number of benzene rings is 1. The molecule has 32 heavy (non-hydrogen) atoms. The van der Waals surface area contributed by atoms with Gasteiger partial charge in [-0.3, -0.25) is 9.89 Å². The highest BCUT2D eigenvalue weighted by molar-refractivity contribution is 7.09. The lowest BCUT2D eigenvalue weighted by atomic mass is 9.83. The number of hydrogen-bond donors (Lipinski definition) is 2. The Hall–Kier alpha value is -1.97. The van der Waals surface area contributed by atoms with Gasteiger partial charge in [-0.05, 0) is 36.8 Å². The Morgan fingerprint density at radius 1 is 1.25 bits per heavy atom. The van der Waals surface area contributed by atoms with Crippen LogP contribution in [0.5, 0.6) is 0 Å². The first-order valence-corrected chi connectivity index (χ1v) is 11.2. The van der Waals surface area contributed by atoms with Gasteiger partial charge in [-0.15, -0.1) is 36.2 Å². The first-order chi connectivity index (χ1) is 14.6. The molecule has 1 saturated heterocycles. The number of carbonyl (C=O) groups is 1. The van der Waals surface area contributed by atoms with Crippen molar-refractivity contribution in [2.24, 2.45) is 5.73 Å². The van der Waals surface area contributed by atoms with Crippen LogP contribution < -0.4 is 5.73 Å². The predicted octanol–water partition coefficient (Wildman–Crippen LogP) is 3.66. The number of ether oxygens (including phenoxy) is 1. The van der Waals surface area contributed by atoms with E-state index in [1.54, 1.807) is 0 Å². The minimum Gasteiger partial charge on any atom is -0.368 e. The number of rotatable bonds is 4. The van der Waals surface area contributed by atoms with E-state index in [0.29, 0.717) is 31.8 Å². The standard InChI is InChI=1S/C22H25N5O2S.2ClH/c23-17(12-15-4-2-1-3-5-15)20-25-18(14-30-20)21(28)27-9-7-22(8-10-27)19-16(6-11-29-22)13-24-26-19;;/h1-5,13-14,17H,6-12,23H2,(H,24,26);2*1H/t17-;;/m0../s1. The van der Waals surface area contributed by atoms with Gasteiger partial charge in [-0.25, -0.2) is 4.98 Å². The SMILES string of the molecule is Cl.Cl.N[C@@H](Cc1ccccc1)c1nc(C(=O)N2CCC3(CC2)OCCc2cn[nH]c23)cs1. The number of thiazole rings is 1. The second-order valence-corrected chi connectivity index (χ2v) is 8.91. The Morgan fingerprint density at radius 2 is 2.00 bits per heavy atom. The molecular weight excluding hydrogens is 469 g/mol. The molecule has 2 aliphatic heterocycles. The molecule has 1 amide bonds. The number of fused-ring (bicyclic) bond motifs is 2. The maximum atomic E-state index is 13.0. The van der Waals surface area contributed by atoms with E-state index in [1.165, 1.54) is 22.5 Å². The van der Waals surface area contributed by atoms with Crippen molar-refractivity contribution in [1.29, 1.82) is 0 Å². The van der Waals surface area contributed by atoms with Crippen LogP contribution in [0.2, 0.25) is 0 Å². The van der Waals surface area contributed by atoms with Crippen molar-refractivity contribution in [3.63, 3.8) is 0 Å². The number of likely N-dealkylation sites (tertiary alicyclic amines) is 1. The number of aromatic amines is 1. The molecule has 3 N–H and O–H groups in total. The summed E-state index contributed by atoms with van der Waals surface area (Å²) in [6, 6.07) is 9.90. The van der Waals surface area contributed by atoms with Crippen molar-refractivity contribution in [3.8, 4) is 0 Å². The zero-order valence-electron chi connectivity index (χ0n) is 17.5. The molecule has 0 aliphatic carbocycles. The van der Waals surface area contributed by atoms with E-state index in [-0.39, 0.29) is 42.4 Å². The van der Waals surface area contributed by atoms with Gasteiger partial charge in [0.2, 0.25) is 0 Å². The topological polar surface area (TPSA) is 97.1 Å². The van der Waals surface area contributed by atoms with Crippen LogP contribution in [0.15, 0.2) is 41.9 Å². The average Bonchev–Trinajstić information content (AvgIpc) is 3.45. The summed E-state index contributed by atoms with van der Waals surface area (Å²) in [6.07, 6.45) is 5.02. The lowest BCUT2D eigenvalue weighted by Gasteiger charge is -2.43. The fraction of sp³-hybridized carbons (Fsp3) is 0.409. The highest BCUT2D eigenvalue weighted by atomic mass is 35.5. The number of nitrogens with two attached hydrogens (primary N) is 1. The van der Waals surface area contributed by atoms with Crippen LogP contribution in [0.3, 0.4) is 0 Å². The van der Waals surface area contributed by atoms with Crippen LogP contribution in [0.4, 0.5) is 0 Å². The first-order valence-electron chi connectivity index (χ1n) is 10.4. The quantitative estimate of drug-likeness (QED) is 0.575. The van der Waals surface area contributed by atoms with Crippen LogP contribution in [0.25, 0.3) is 0 Å². The lowest BCUT2D eigenvalue weighted by Crippen LogP contribution is -2.48. The maximum absolute atomic E-state index is 13.0. The van der Waals surface area contributed by atoms with Gasteiger partial charge in [-0.2, -0.15) is 5.10 Å². The summed E-state index contributed by atoms with van der Waals surface area (Å²) in [4.78, 5) is 19.5. The normalized spacial score (nSPS) is 17.7. The molecule has 0 unspecified atom stereocenters. The number of H-pyrrole nitrogens is 1. The molecular formula is C22H27Cl2N5O2S. The summed E-state index contributed by atoms with van der Waals surface area (Å²) in [5.41, 5.74) is 9.98. The largest absolute Gasteiger partial charge is 0.368 e. The molecule has 1 fully saturated rings. The van der Waals surface area contributed by atoms with Crippen molar-refractivity contribution < 1.29 is 9.53 Å². The van der Waals surface area contributed by atoms with E-state index in [1.807, 2.05) is 34.7 Å². The zero-order valence-corrected chi connectivity index (χ0v) is 20.0. The number of aromatic nitrogens is 3. The van der Waals surface area contributed by atoms with Crippen LogP contribution >= 0.6 is 36.2 Å². The summed E-state index contributed by atoms with van der Waals surface area (Å²) in [5.74, 6) is -0.0279. The summed E-state index contributed by atoms with van der Waals surface area (Å²) >= 11 is 1.46. The fourth-order valence-corrected chi connectivity index (χ4v) is 5.26. The fourth-order valence-electron chi connectivity index (χ4n) is 4.46. The number of piperidine rings is 1. The molecule has 1 atom stereocenters. The van der Waals surface area contributed by atoms with Crippen LogP contribution in [-0.2, 0) is 23.2 Å². The van der Waals surface area contributed by atoms with Gasteiger partial charge in [0.25, 0.3) is 5.91 Å². The maximum Gasteiger partial charge on any atom is 0.273 e. The number of amides is 1. The minimum atomic E-state index is -0.341. The lowest BCUT2D eigenvalue weighted by molar-refractivity contribution is -0.0962. The van der Waals surface area contributed by atoms with E-state index in [9.17, 15) is 4.79 Å². The molecule has 5 rings (SSSR count). The molecule has 3 aromatic rings. The molecule has 7 nitrogen and oxygen atoms in total. The summed E-state index contributed by atoms with van der Waals surface area (Å²) in [5, 5.41) is 9.95.